The maximum absolute atomic E-state index is 11.6. The molecule has 30 heavy (non-hydrogen) atoms. The van der Waals surface area contributed by atoms with Gasteiger partial charge in [0.05, 0.1) is 22.3 Å². The van der Waals surface area contributed by atoms with Crippen molar-refractivity contribution in [3.05, 3.63) is 78.6 Å². The fourth-order valence-electron chi connectivity index (χ4n) is 3.24. The van der Waals surface area contributed by atoms with Gasteiger partial charge in [-0.3, -0.25) is 9.36 Å². The zero-order chi connectivity index (χ0) is 20.6. The Morgan fingerprint density at radius 1 is 1.00 bits per heavy atom. The third kappa shape index (κ3) is 4.49. The van der Waals surface area contributed by atoms with Gasteiger partial charge in [-0.25, -0.2) is 13.4 Å². The summed E-state index contributed by atoms with van der Waals surface area (Å²) in [6.07, 6.45) is 2.91. The third-order valence-corrected chi connectivity index (χ3v) is 5.86. The third-order valence-electron chi connectivity index (χ3n) is 4.73. The van der Waals surface area contributed by atoms with Gasteiger partial charge in [-0.05, 0) is 53.1 Å². The zero-order valence-electron chi connectivity index (χ0n) is 17.6. The van der Waals surface area contributed by atoms with E-state index < -0.39 is 15.8 Å². The van der Waals surface area contributed by atoms with Crippen molar-refractivity contribution in [2.75, 3.05) is 6.26 Å². The van der Waals surface area contributed by atoms with Gasteiger partial charge in [0, 0.05) is 11.9 Å². The molecule has 0 aliphatic heterocycles. The quantitative estimate of drug-likeness (QED) is 0.489. The minimum Gasteiger partial charge on any atom is -1.00 e. The molecule has 0 saturated carbocycles. The summed E-state index contributed by atoms with van der Waals surface area (Å²) < 4.78 is 25.2. The summed E-state index contributed by atoms with van der Waals surface area (Å²) >= 11 is 0. The average Bonchev–Trinajstić information content (AvgIpc) is 3.11. The molecule has 6 nitrogen and oxygen atoms in total. The SMILES string of the molecule is CS(=O)(=O)c1ccc(-c2ccc3c(c2)ncn3-c2ccc(CC(=O)O)cc2)cc1.[H-].[Li+]. The van der Waals surface area contributed by atoms with E-state index in [1.165, 1.54) is 6.26 Å². The second kappa shape index (κ2) is 8.48. The largest absolute Gasteiger partial charge is 1.00 e. The Labute approximate surface area is 187 Å². The number of carbonyl (C=O) groups is 1. The standard InChI is InChI=1S/C22H18N2O4S.Li.H/c1-29(27,28)19-9-4-16(5-10-19)17-6-11-21-20(13-17)23-14-24(21)18-7-2-15(3-8-18)12-22(25)26;;/h2-11,13-14H,12H2,1H3,(H,25,26);;/q;+1;-1. The number of hydrogen-bond acceptors (Lipinski definition) is 4. The van der Waals surface area contributed by atoms with Crippen molar-refractivity contribution in [2.45, 2.75) is 11.3 Å². The summed E-state index contributed by atoms with van der Waals surface area (Å²) in [5.74, 6) is -0.858. The van der Waals surface area contributed by atoms with E-state index in [2.05, 4.69) is 4.98 Å². The molecule has 0 spiro atoms. The molecule has 148 valence electrons. The van der Waals surface area contributed by atoms with E-state index in [9.17, 15) is 13.2 Å². The maximum atomic E-state index is 11.6. The van der Waals surface area contributed by atoms with Crippen LogP contribution in [0.3, 0.4) is 0 Å². The number of imidazole rings is 1. The Balaban J connectivity index is 0.00000171. The van der Waals surface area contributed by atoms with E-state index in [-0.39, 0.29) is 31.6 Å². The molecule has 1 N–H and O–H groups in total. The minimum absolute atomic E-state index is 0. The molecule has 3 aromatic carbocycles. The van der Waals surface area contributed by atoms with Gasteiger partial charge in [0.1, 0.15) is 6.33 Å². The topological polar surface area (TPSA) is 89.3 Å². The Morgan fingerprint density at radius 3 is 2.23 bits per heavy atom. The van der Waals surface area contributed by atoms with E-state index in [1.54, 1.807) is 42.7 Å². The summed E-state index contributed by atoms with van der Waals surface area (Å²) in [6, 6.07) is 20.0. The first-order valence-corrected chi connectivity index (χ1v) is 10.8. The van der Waals surface area contributed by atoms with Crippen LogP contribution in [0.2, 0.25) is 0 Å². The monoisotopic (exact) mass is 414 g/mol. The molecule has 0 unspecified atom stereocenters. The number of carboxylic acid groups (broad SMARTS) is 1. The van der Waals surface area contributed by atoms with Crippen LogP contribution >= 0.6 is 0 Å². The van der Waals surface area contributed by atoms with Gasteiger partial charge in [-0.1, -0.05) is 30.3 Å². The number of aromatic nitrogens is 2. The number of carboxylic acids is 1. The van der Waals surface area contributed by atoms with Crippen molar-refractivity contribution < 1.29 is 38.6 Å². The second-order valence-corrected chi connectivity index (χ2v) is 8.87. The first-order valence-electron chi connectivity index (χ1n) is 8.90. The number of hydrogen-bond donors (Lipinski definition) is 1. The Bertz CT molecular complexity index is 1320. The van der Waals surface area contributed by atoms with Crippen molar-refractivity contribution >= 4 is 26.8 Å². The van der Waals surface area contributed by atoms with Crippen LogP contribution in [0.1, 0.15) is 6.99 Å². The Morgan fingerprint density at radius 2 is 1.63 bits per heavy atom. The molecule has 1 aromatic heterocycles. The van der Waals surface area contributed by atoms with Crippen LogP contribution in [-0.2, 0) is 21.1 Å². The van der Waals surface area contributed by atoms with Gasteiger partial charge in [0.25, 0.3) is 0 Å². The molecule has 0 aliphatic rings. The average molecular weight is 414 g/mol. The molecule has 1 heterocycles. The van der Waals surface area contributed by atoms with Crippen LogP contribution in [-0.4, -0.2) is 35.3 Å². The molecular formula is C22H19LiN2O4S. The van der Waals surface area contributed by atoms with E-state index in [0.29, 0.717) is 0 Å². The molecule has 0 radical (unpaired) electrons. The minimum atomic E-state index is -3.22. The molecule has 0 saturated heterocycles. The van der Waals surface area contributed by atoms with Crippen LogP contribution in [0.5, 0.6) is 0 Å². The normalized spacial score (nSPS) is 11.2. The summed E-state index contributed by atoms with van der Waals surface area (Å²) in [5, 5.41) is 8.89. The molecule has 0 bridgehead atoms. The van der Waals surface area contributed by atoms with E-state index in [0.717, 1.165) is 33.4 Å². The van der Waals surface area contributed by atoms with E-state index >= 15 is 0 Å². The first kappa shape index (κ1) is 21.8. The number of sulfone groups is 1. The van der Waals surface area contributed by atoms with Crippen molar-refractivity contribution in [2.24, 2.45) is 0 Å². The van der Waals surface area contributed by atoms with Gasteiger partial charge >= 0.3 is 24.8 Å². The van der Waals surface area contributed by atoms with E-state index in [4.69, 9.17) is 5.11 Å². The summed E-state index contributed by atoms with van der Waals surface area (Å²) in [6.45, 7) is 0. The summed E-state index contributed by atoms with van der Waals surface area (Å²) in [4.78, 5) is 15.6. The van der Waals surface area contributed by atoms with Crippen molar-refractivity contribution in [3.63, 3.8) is 0 Å². The molecular weight excluding hydrogens is 395 g/mol. The van der Waals surface area contributed by atoms with Gasteiger partial charge in [-0.2, -0.15) is 0 Å². The smallest absolute Gasteiger partial charge is 1.00 e. The predicted octanol–water partition coefficient (Wildman–Crippen LogP) is 0.840. The Hall–Kier alpha value is -2.85. The zero-order valence-corrected chi connectivity index (χ0v) is 17.4. The molecule has 0 amide bonds. The molecule has 0 aliphatic carbocycles. The van der Waals surface area contributed by atoms with Gasteiger partial charge in [0.15, 0.2) is 9.84 Å². The van der Waals surface area contributed by atoms with Crippen LogP contribution in [0.25, 0.3) is 27.8 Å². The summed E-state index contributed by atoms with van der Waals surface area (Å²) in [5.41, 5.74) is 5.22. The first-order chi connectivity index (χ1) is 13.8. The van der Waals surface area contributed by atoms with Crippen LogP contribution in [0.4, 0.5) is 0 Å². The molecule has 0 atom stereocenters. The van der Waals surface area contributed by atoms with Gasteiger partial charge < -0.3 is 6.53 Å². The number of benzene rings is 3. The Kier molecular flexibility index (Phi) is 6.18. The van der Waals surface area contributed by atoms with Gasteiger partial charge in [-0.15, -0.1) is 0 Å². The van der Waals surface area contributed by atoms with Crippen LogP contribution in [0.15, 0.2) is 78.0 Å². The number of nitrogens with zero attached hydrogens (tertiary/aromatic N) is 2. The molecule has 8 heteroatoms. The van der Waals surface area contributed by atoms with Crippen molar-refractivity contribution in [3.8, 4) is 16.8 Å². The summed E-state index contributed by atoms with van der Waals surface area (Å²) in [7, 11) is -3.22. The molecule has 4 rings (SSSR count). The number of rotatable bonds is 5. The van der Waals surface area contributed by atoms with E-state index in [1.807, 2.05) is 34.9 Å². The fraction of sp³-hybridized carbons (Fsp3) is 0.0909. The fourth-order valence-corrected chi connectivity index (χ4v) is 3.87. The van der Waals surface area contributed by atoms with Crippen LogP contribution in [0, 0.1) is 0 Å². The molecule has 4 aromatic rings. The predicted molar refractivity (Wildman–Crippen MR) is 112 cm³/mol. The van der Waals surface area contributed by atoms with Gasteiger partial charge in [0.2, 0.25) is 0 Å². The number of aliphatic carboxylic acids is 1. The second-order valence-electron chi connectivity index (χ2n) is 6.85. The maximum Gasteiger partial charge on any atom is 1.00 e. The van der Waals surface area contributed by atoms with Crippen molar-refractivity contribution in [1.82, 2.24) is 9.55 Å². The number of fused-ring (bicyclic) bond motifs is 1. The molecule has 0 fully saturated rings. The van der Waals surface area contributed by atoms with Crippen molar-refractivity contribution in [1.29, 1.82) is 0 Å². The van der Waals surface area contributed by atoms with Crippen LogP contribution < -0.4 is 18.9 Å².